The number of fused-ring (bicyclic) bond motifs is 1. The highest BCUT2D eigenvalue weighted by atomic mass is 32.2. The average Bonchev–Trinajstić information content (AvgIpc) is 3.23. The molecule has 0 unspecified atom stereocenters. The van der Waals surface area contributed by atoms with Gasteiger partial charge in [0.05, 0.1) is 23.7 Å². The molecule has 7 heteroatoms. The Kier molecular flexibility index (Phi) is 5.30. The van der Waals surface area contributed by atoms with Crippen molar-refractivity contribution >= 4 is 15.7 Å². The van der Waals surface area contributed by atoms with Crippen molar-refractivity contribution in [3.8, 4) is 17.2 Å². The molecule has 0 fully saturated rings. The van der Waals surface area contributed by atoms with Gasteiger partial charge in [0.15, 0.2) is 11.5 Å². The maximum absolute atomic E-state index is 13.7. The minimum Gasteiger partial charge on any atom is -0.497 e. The topological polar surface area (TPSA) is 65.1 Å². The van der Waals surface area contributed by atoms with Gasteiger partial charge in [-0.15, -0.1) is 0 Å². The number of benzene rings is 3. The van der Waals surface area contributed by atoms with Gasteiger partial charge in [-0.05, 0) is 67.9 Å². The van der Waals surface area contributed by atoms with Gasteiger partial charge in [-0.25, -0.2) is 8.42 Å². The van der Waals surface area contributed by atoms with Crippen molar-refractivity contribution in [1.29, 1.82) is 0 Å². The molecule has 1 heterocycles. The number of sulfonamides is 1. The van der Waals surface area contributed by atoms with Gasteiger partial charge in [-0.1, -0.05) is 23.8 Å². The summed E-state index contributed by atoms with van der Waals surface area (Å²) in [5, 5.41) is 0. The molecule has 0 N–H and O–H groups in total. The summed E-state index contributed by atoms with van der Waals surface area (Å²) in [6, 6.07) is 18.9. The third-order valence-corrected chi connectivity index (χ3v) is 7.05. The van der Waals surface area contributed by atoms with E-state index in [0.29, 0.717) is 22.9 Å². The van der Waals surface area contributed by atoms with E-state index in [-0.39, 0.29) is 11.7 Å². The van der Waals surface area contributed by atoms with E-state index in [1.807, 2.05) is 56.3 Å². The van der Waals surface area contributed by atoms with Gasteiger partial charge in [0.2, 0.25) is 6.79 Å². The molecule has 6 nitrogen and oxygen atoms in total. The summed E-state index contributed by atoms with van der Waals surface area (Å²) in [5.74, 6) is 1.87. The van der Waals surface area contributed by atoms with Gasteiger partial charge < -0.3 is 14.2 Å². The van der Waals surface area contributed by atoms with Crippen molar-refractivity contribution in [2.24, 2.45) is 0 Å². The van der Waals surface area contributed by atoms with Crippen LogP contribution in [0.2, 0.25) is 0 Å². The fourth-order valence-corrected chi connectivity index (χ4v) is 5.08. The standard InChI is InChI=1S/C23H23NO5S/c1-16-4-7-19(8-5-16)24(30(25,26)21-11-9-20(27-3)10-12-21)17(2)18-6-13-22-23(14-18)29-15-28-22/h4-14,17H,15H2,1-3H3/t17-/m0/s1. The molecular weight excluding hydrogens is 402 g/mol. The van der Waals surface area contributed by atoms with Gasteiger partial charge in [-0.2, -0.15) is 0 Å². The summed E-state index contributed by atoms with van der Waals surface area (Å²) < 4.78 is 44.9. The number of hydrogen-bond donors (Lipinski definition) is 0. The van der Waals surface area contributed by atoms with Crippen molar-refractivity contribution in [2.45, 2.75) is 24.8 Å². The lowest BCUT2D eigenvalue weighted by Crippen LogP contribution is -2.33. The highest BCUT2D eigenvalue weighted by Gasteiger charge is 2.31. The largest absolute Gasteiger partial charge is 0.497 e. The van der Waals surface area contributed by atoms with E-state index in [1.54, 1.807) is 31.4 Å². The molecule has 4 rings (SSSR count). The van der Waals surface area contributed by atoms with Crippen LogP contribution >= 0.6 is 0 Å². The number of anilines is 1. The molecule has 0 aromatic heterocycles. The van der Waals surface area contributed by atoms with Crippen LogP contribution in [0, 0.1) is 6.92 Å². The van der Waals surface area contributed by atoms with E-state index in [0.717, 1.165) is 11.1 Å². The molecule has 0 spiro atoms. The highest BCUT2D eigenvalue weighted by molar-refractivity contribution is 7.92. The van der Waals surface area contributed by atoms with Gasteiger partial charge in [0, 0.05) is 0 Å². The number of aryl methyl sites for hydroxylation is 1. The summed E-state index contributed by atoms with van der Waals surface area (Å²) in [7, 11) is -2.30. The van der Waals surface area contributed by atoms with E-state index in [9.17, 15) is 8.42 Å². The first-order chi connectivity index (χ1) is 14.4. The minimum atomic E-state index is -3.85. The summed E-state index contributed by atoms with van der Waals surface area (Å²) in [4.78, 5) is 0.191. The third kappa shape index (κ3) is 3.68. The molecule has 30 heavy (non-hydrogen) atoms. The number of ether oxygens (including phenoxy) is 3. The second-order valence-electron chi connectivity index (χ2n) is 7.10. The first-order valence-corrected chi connectivity index (χ1v) is 11.0. The van der Waals surface area contributed by atoms with Gasteiger partial charge >= 0.3 is 0 Å². The zero-order valence-corrected chi connectivity index (χ0v) is 17.8. The first-order valence-electron chi connectivity index (χ1n) is 9.55. The van der Waals surface area contributed by atoms with Crippen LogP contribution in [0.4, 0.5) is 5.69 Å². The van der Waals surface area contributed by atoms with Gasteiger partial charge in [0.1, 0.15) is 5.75 Å². The molecule has 0 saturated carbocycles. The molecule has 1 aliphatic heterocycles. The molecule has 0 amide bonds. The highest BCUT2D eigenvalue weighted by Crippen LogP contribution is 2.38. The van der Waals surface area contributed by atoms with Crippen LogP contribution in [-0.4, -0.2) is 22.3 Å². The zero-order chi connectivity index (χ0) is 21.3. The number of methoxy groups -OCH3 is 1. The van der Waals surface area contributed by atoms with E-state index in [2.05, 4.69) is 0 Å². The van der Waals surface area contributed by atoms with Crippen molar-refractivity contribution < 1.29 is 22.6 Å². The molecule has 0 aliphatic carbocycles. The molecule has 0 bridgehead atoms. The second-order valence-corrected chi connectivity index (χ2v) is 8.92. The monoisotopic (exact) mass is 425 g/mol. The van der Waals surface area contributed by atoms with E-state index < -0.39 is 16.1 Å². The fourth-order valence-electron chi connectivity index (χ4n) is 3.43. The van der Waals surface area contributed by atoms with Crippen LogP contribution < -0.4 is 18.5 Å². The zero-order valence-electron chi connectivity index (χ0n) is 17.0. The van der Waals surface area contributed by atoms with E-state index >= 15 is 0 Å². The molecule has 3 aromatic rings. The summed E-state index contributed by atoms with van der Waals surface area (Å²) in [5.41, 5.74) is 2.44. The number of hydrogen-bond acceptors (Lipinski definition) is 5. The van der Waals surface area contributed by atoms with Crippen LogP contribution in [-0.2, 0) is 10.0 Å². The minimum absolute atomic E-state index is 0.166. The van der Waals surface area contributed by atoms with Crippen LogP contribution in [0.5, 0.6) is 17.2 Å². The van der Waals surface area contributed by atoms with Crippen LogP contribution in [0.1, 0.15) is 24.1 Å². The SMILES string of the molecule is COc1ccc(S(=O)(=O)N(c2ccc(C)cc2)[C@@H](C)c2ccc3c(c2)OCO3)cc1. The summed E-state index contributed by atoms with van der Waals surface area (Å²) >= 11 is 0. The Hall–Kier alpha value is -3.19. The van der Waals surface area contributed by atoms with Crippen LogP contribution in [0.15, 0.2) is 71.6 Å². The Morgan fingerprint density at radius 1 is 0.933 bits per heavy atom. The lowest BCUT2D eigenvalue weighted by atomic mass is 10.1. The Balaban J connectivity index is 1.80. The Morgan fingerprint density at radius 2 is 1.60 bits per heavy atom. The Bertz CT molecular complexity index is 1140. The predicted octanol–water partition coefficient (Wildman–Crippen LogP) is 4.69. The van der Waals surface area contributed by atoms with Crippen LogP contribution in [0.25, 0.3) is 0 Å². The molecule has 1 atom stereocenters. The van der Waals surface area contributed by atoms with Gasteiger partial charge in [-0.3, -0.25) is 4.31 Å². The van der Waals surface area contributed by atoms with E-state index in [4.69, 9.17) is 14.2 Å². The normalized spacial score (nSPS) is 13.7. The summed E-state index contributed by atoms with van der Waals surface area (Å²) in [6.07, 6.45) is 0. The van der Waals surface area contributed by atoms with Crippen molar-refractivity contribution in [1.82, 2.24) is 0 Å². The number of rotatable bonds is 6. The smallest absolute Gasteiger partial charge is 0.264 e. The maximum atomic E-state index is 13.7. The first kappa shape index (κ1) is 20.1. The lowest BCUT2D eigenvalue weighted by Gasteiger charge is -2.31. The fraction of sp³-hybridized carbons (Fsp3) is 0.217. The van der Waals surface area contributed by atoms with Crippen molar-refractivity contribution in [2.75, 3.05) is 18.2 Å². The molecule has 3 aromatic carbocycles. The van der Waals surface area contributed by atoms with Gasteiger partial charge in [0.25, 0.3) is 10.0 Å². The molecule has 0 saturated heterocycles. The predicted molar refractivity (Wildman–Crippen MR) is 115 cm³/mol. The second kappa shape index (κ2) is 7.91. The molecule has 156 valence electrons. The molecular formula is C23H23NO5S. The lowest BCUT2D eigenvalue weighted by molar-refractivity contribution is 0.174. The Labute approximate surface area is 176 Å². The number of nitrogens with zero attached hydrogens (tertiary/aromatic N) is 1. The molecule has 0 radical (unpaired) electrons. The van der Waals surface area contributed by atoms with Crippen molar-refractivity contribution in [3.63, 3.8) is 0 Å². The molecule has 1 aliphatic rings. The van der Waals surface area contributed by atoms with Crippen molar-refractivity contribution in [3.05, 3.63) is 77.9 Å². The third-order valence-electron chi connectivity index (χ3n) is 5.14. The average molecular weight is 426 g/mol. The Morgan fingerprint density at radius 3 is 2.27 bits per heavy atom. The quantitative estimate of drug-likeness (QED) is 0.573. The van der Waals surface area contributed by atoms with E-state index in [1.165, 1.54) is 4.31 Å². The van der Waals surface area contributed by atoms with Crippen LogP contribution in [0.3, 0.4) is 0 Å². The summed E-state index contributed by atoms with van der Waals surface area (Å²) in [6.45, 7) is 3.99. The maximum Gasteiger partial charge on any atom is 0.264 e.